The Morgan fingerprint density at radius 2 is 1.95 bits per heavy atom. The molecule has 0 heterocycles. The number of esters is 2. The summed E-state index contributed by atoms with van der Waals surface area (Å²) < 4.78 is 9.86. The Kier molecular flexibility index (Phi) is 7.82. The Hall–Kier alpha value is -2.14. The van der Waals surface area contributed by atoms with Gasteiger partial charge in [0.25, 0.3) is 0 Å². The van der Waals surface area contributed by atoms with E-state index in [1.165, 1.54) is 6.08 Å². The number of hydrogen-bond donors (Lipinski definition) is 1. The predicted molar refractivity (Wildman–Crippen MR) is 79.2 cm³/mol. The molecule has 1 aromatic rings. The van der Waals surface area contributed by atoms with E-state index in [4.69, 9.17) is 15.2 Å². The van der Waals surface area contributed by atoms with Gasteiger partial charge >= 0.3 is 11.9 Å². The lowest BCUT2D eigenvalue weighted by Crippen LogP contribution is -2.32. The molecule has 2 N–H and O–H groups in total. The second kappa shape index (κ2) is 9.72. The van der Waals surface area contributed by atoms with Gasteiger partial charge in [0.15, 0.2) is 0 Å². The van der Waals surface area contributed by atoms with Crippen molar-refractivity contribution in [1.29, 1.82) is 0 Å². The van der Waals surface area contributed by atoms with Crippen LogP contribution in [0.4, 0.5) is 0 Å². The van der Waals surface area contributed by atoms with Gasteiger partial charge in [0.05, 0.1) is 6.61 Å². The third kappa shape index (κ3) is 7.27. The van der Waals surface area contributed by atoms with E-state index in [-0.39, 0.29) is 6.61 Å². The van der Waals surface area contributed by atoms with Gasteiger partial charge in [-0.05, 0) is 25.3 Å². The smallest absolute Gasteiger partial charge is 0.330 e. The van der Waals surface area contributed by atoms with Gasteiger partial charge in [0, 0.05) is 6.08 Å². The van der Waals surface area contributed by atoms with Crippen molar-refractivity contribution < 1.29 is 19.1 Å². The summed E-state index contributed by atoms with van der Waals surface area (Å²) in [4.78, 5) is 22.7. The predicted octanol–water partition coefficient (Wildman–Crippen LogP) is 1.96. The van der Waals surface area contributed by atoms with Crippen LogP contribution in [-0.2, 0) is 25.7 Å². The molecular weight excluding hydrogens is 270 g/mol. The zero-order valence-electron chi connectivity index (χ0n) is 12.2. The summed E-state index contributed by atoms with van der Waals surface area (Å²) in [6.45, 7) is 2.29. The number of carbonyl (C=O) groups is 2. The van der Waals surface area contributed by atoms with Gasteiger partial charge in [-0.15, -0.1) is 0 Å². The van der Waals surface area contributed by atoms with Crippen LogP contribution in [0.2, 0.25) is 0 Å². The molecule has 0 aromatic heterocycles. The Balaban J connectivity index is 2.21. The highest BCUT2D eigenvalue weighted by molar-refractivity contribution is 5.81. The number of hydrogen-bond acceptors (Lipinski definition) is 5. The number of benzene rings is 1. The molecule has 0 unspecified atom stereocenters. The van der Waals surface area contributed by atoms with Gasteiger partial charge in [-0.25, -0.2) is 4.79 Å². The highest BCUT2D eigenvalue weighted by atomic mass is 16.5. The van der Waals surface area contributed by atoms with Crippen LogP contribution >= 0.6 is 0 Å². The van der Waals surface area contributed by atoms with Crippen molar-refractivity contribution in [2.45, 2.75) is 32.4 Å². The van der Waals surface area contributed by atoms with Crippen molar-refractivity contribution in [3.05, 3.63) is 48.0 Å². The van der Waals surface area contributed by atoms with Gasteiger partial charge in [-0.2, -0.15) is 0 Å². The van der Waals surface area contributed by atoms with E-state index in [1.54, 1.807) is 13.0 Å². The standard InChI is InChI=1S/C16H21NO4/c1-2-20-16(19)14(17)10-6-7-11-15(18)21-12-13-8-4-3-5-9-13/h3-5,7-9,11,14H,2,6,10,12,17H2,1H3/t14-/m0/s1. The molecule has 0 amide bonds. The Morgan fingerprint density at radius 1 is 1.24 bits per heavy atom. The third-order valence-electron chi connectivity index (χ3n) is 2.71. The van der Waals surface area contributed by atoms with E-state index < -0.39 is 18.0 Å². The second-order valence-electron chi connectivity index (χ2n) is 4.43. The zero-order valence-corrected chi connectivity index (χ0v) is 12.2. The largest absolute Gasteiger partial charge is 0.465 e. The van der Waals surface area contributed by atoms with Gasteiger partial charge < -0.3 is 15.2 Å². The maximum absolute atomic E-state index is 11.5. The van der Waals surface area contributed by atoms with Gasteiger partial charge in [-0.3, -0.25) is 4.79 Å². The van der Waals surface area contributed by atoms with Crippen molar-refractivity contribution in [2.24, 2.45) is 5.73 Å². The van der Waals surface area contributed by atoms with E-state index in [9.17, 15) is 9.59 Å². The van der Waals surface area contributed by atoms with Crippen LogP contribution in [-0.4, -0.2) is 24.6 Å². The molecule has 0 aliphatic rings. The number of rotatable bonds is 8. The lowest BCUT2D eigenvalue weighted by atomic mass is 10.1. The number of nitrogens with two attached hydrogens (primary N) is 1. The fourth-order valence-corrected chi connectivity index (χ4v) is 1.60. The van der Waals surface area contributed by atoms with Crippen molar-refractivity contribution in [2.75, 3.05) is 6.61 Å². The minimum atomic E-state index is -0.657. The molecule has 0 aliphatic heterocycles. The molecule has 0 saturated carbocycles. The first kappa shape index (κ1) is 16.9. The van der Waals surface area contributed by atoms with Gasteiger partial charge in [0.2, 0.25) is 0 Å². The molecule has 1 rings (SSSR count). The molecule has 1 aromatic carbocycles. The highest BCUT2D eigenvalue weighted by Crippen LogP contribution is 2.02. The van der Waals surface area contributed by atoms with E-state index in [2.05, 4.69) is 0 Å². The molecule has 5 nitrogen and oxygen atoms in total. The lowest BCUT2D eigenvalue weighted by molar-refractivity contribution is -0.144. The van der Waals surface area contributed by atoms with E-state index >= 15 is 0 Å². The lowest BCUT2D eigenvalue weighted by Gasteiger charge is -2.08. The number of carbonyl (C=O) groups excluding carboxylic acids is 2. The maximum atomic E-state index is 11.5. The SMILES string of the molecule is CCOC(=O)[C@@H](N)CCC=CC(=O)OCc1ccccc1. The van der Waals surface area contributed by atoms with E-state index in [0.717, 1.165) is 5.56 Å². The molecule has 1 atom stereocenters. The Morgan fingerprint density at radius 3 is 2.62 bits per heavy atom. The van der Waals surface area contributed by atoms with Crippen LogP contribution in [0, 0.1) is 0 Å². The van der Waals surface area contributed by atoms with Crippen LogP contribution in [0.5, 0.6) is 0 Å². The van der Waals surface area contributed by atoms with Gasteiger partial charge in [0.1, 0.15) is 12.6 Å². The monoisotopic (exact) mass is 291 g/mol. The van der Waals surface area contributed by atoms with Crippen molar-refractivity contribution >= 4 is 11.9 Å². The van der Waals surface area contributed by atoms with Crippen LogP contribution in [0.25, 0.3) is 0 Å². The average molecular weight is 291 g/mol. The average Bonchev–Trinajstić information content (AvgIpc) is 2.50. The van der Waals surface area contributed by atoms with Crippen LogP contribution in [0.1, 0.15) is 25.3 Å². The van der Waals surface area contributed by atoms with Crippen LogP contribution in [0.15, 0.2) is 42.5 Å². The van der Waals surface area contributed by atoms with Crippen LogP contribution in [0.3, 0.4) is 0 Å². The first-order valence-corrected chi connectivity index (χ1v) is 6.93. The first-order valence-electron chi connectivity index (χ1n) is 6.93. The quantitative estimate of drug-likeness (QED) is 0.585. The third-order valence-corrected chi connectivity index (χ3v) is 2.71. The molecule has 0 bridgehead atoms. The molecule has 5 heteroatoms. The summed E-state index contributed by atoms with van der Waals surface area (Å²) in [7, 11) is 0. The minimum absolute atomic E-state index is 0.242. The summed E-state index contributed by atoms with van der Waals surface area (Å²) in [6, 6.07) is 8.78. The molecule has 21 heavy (non-hydrogen) atoms. The molecule has 0 saturated heterocycles. The normalized spacial score (nSPS) is 12.1. The molecule has 0 fully saturated rings. The molecule has 0 spiro atoms. The van der Waals surface area contributed by atoms with Crippen molar-refractivity contribution in [1.82, 2.24) is 0 Å². The zero-order chi connectivity index (χ0) is 15.5. The van der Waals surface area contributed by atoms with Gasteiger partial charge in [-0.1, -0.05) is 36.4 Å². The van der Waals surface area contributed by atoms with Crippen LogP contribution < -0.4 is 5.73 Å². The fraction of sp³-hybridized carbons (Fsp3) is 0.375. The summed E-state index contributed by atoms with van der Waals surface area (Å²) in [5.74, 6) is -0.832. The van der Waals surface area contributed by atoms with E-state index in [0.29, 0.717) is 19.4 Å². The maximum Gasteiger partial charge on any atom is 0.330 e. The van der Waals surface area contributed by atoms with Crippen molar-refractivity contribution in [3.8, 4) is 0 Å². The summed E-state index contributed by atoms with van der Waals surface area (Å²) in [5.41, 5.74) is 6.56. The second-order valence-corrected chi connectivity index (χ2v) is 4.43. The topological polar surface area (TPSA) is 78.6 Å². The summed E-state index contributed by atoms with van der Waals surface area (Å²) in [5, 5.41) is 0. The Labute approximate surface area is 124 Å². The summed E-state index contributed by atoms with van der Waals surface area (Å²) >= 11 is 0. The fourth-order valence-electron chi connectivity index (χ4n) is 1.60. The number of ether oxygens (including phenoxy) is 2. The highest BCUT2D eigenvalue weighted by Gasteiger charge is 2.12. The summed E-state index contributed by atoms with van der Waals surface area (Å²) in [6.07, 6.45) is 3.94. The Bertz CT molecular complexity index is 470. The molecular formula is C16H21NO4. The molecule has 0 radical (unpaired) electrons. The van der Waals surface area contributed by atoms with E-state index in [1.807, 2.05) is 30.3 Å². The first-order chi connectivity index (χ1) is 10.1. The molecule has 114 valence electrons. The minimum Gasteiger partial charge on any atom is -0.465 e. The molecule has 0 aliphatic carbocycles. The number of allylic oxidation sites excluding steroid dienone is 1. The van der Waals surface area contributed by atoms with Crippen molar-refractivity contribution in [3.63, 3.8) is 0 Å².